The summed E-state index contributed by atoms with van der Waals surface area (Å²) >= 11 is 1.58. The molecule has 1 amide bonds. The lowest BCUT2D eigenvalue weighted by atomic mass is 10.1. The molecule has 4 nitrogen and oxygen atoms in total. The van der Waals surface area contributed by atoms with E-state index in [1.807, 2.05) is 26.0 Å². The highest BCUT2D eigenvalue weighted by molar-refractivity contribution is 7.99. The molecule has 2 rings (SSSR count). The Hall–Kier alpha value is -1.75. The fourth-order valence-corrected chi connectivity index (χ4v) is 3.24. The number of rotatable bonds is 7. The van der Waals surface area contributed by atoms with Gasteiger partial charge in [0.1, 0.15) is 5.76 Å². The van der Waals surface area contributed by atoms with Gasteiger partial charge in [0.15, 0.2) is 0 Å². The fraction of sp³-hybridized carbons (Fsp3) is 0.412. The topological polar surface area (TPSA) is 55.1 Å². The second kappa shape index (κ2) is 8.03. The average Bonchev–Trinajstić information content (AvgIpc) is 2.81. The number of carbonyl (C=O) groups excluding carboxylic acids is 1. The van der Waals surface area contributed by atoms with Crippen molar-refractivity contribution in [3.63, 3.8) is 0 Å². The maximum atomic E-state index is 11.8. The van der Waals surface area contributed by atoms with Gasteiger partial charge in [0.25, 0.3) is 0 Å². The monoisotopic (exact) mass is 318 g/mol. The van der Waals surface area contributed by atoms with Gasteiger partial charge in [-0.15, -0.1) is 11.8 Å². The van der Waals surface area contributed by atoms with Crippen molar-refractivity contribution in [2.75, 3.05) is 12.3 Å². The second-order valence-electron chi connectivity index (χ2n) is 5.32. The van der Waals surface area contributed by atoms with Crippen LogP contribution in [0.15, 0.2) is 28.8 Å². The summed E-state index contributed by atoms with van der Waals surface area (Å²) in [6.45, 7) is 6.60. The minimum absolute atomic E-state index is 0.0744. The van der Waals surface area contributed by atoms with Crippen molar-refractivity contribution in [1.82, 2.24) is 10.5 Å². The first-order chi connectivity index (χ1) is 10.6. The first-order valence-corrected chi connectivity index (χ1v) is 8.54. The van der Waals surface area contributed by atoms with E-state index in [-0.39, 0.29) is 5.91 Å². The molecule has 0 radical (unpaired) electrons. The molecule has 0 atom stereocenters. The lowest BCUT2D eigenvalue weighted by molar-refractivity contribution is -0.118. The van der Waals surface area contributed by atoms with Crippen LogP contribution in [0.4, 0.5) is 0 Å². The molecule has 0 aliphatic carbocycles. The summed E-state index contributed by atoms with van der Waals surface area (Å²) in [5, 5.41) is 6.89. The molecular formula is C17H22N2O2S. The van der Waals surface area contributed by atoms with Crippen LogP contribution in [0.25, 0.3) is 0 Å². The molecule has 0 fully saturated rings. The van der Waals surface area contributed by atoms with Crippen LogP contribution < -0.4 is 5.32 Å². The van der Waals surface area contributed by atoms with E-state index in [2.05, 4.69) is 29.5 Å². The fourth-order valence-electron chi connectivity index (χ4n) is 2.23. The summed E-state index contributed by atoms with van der Waals surface area (Å²) in [5.74, 6) is 2.12. The molecule has 1 aromatic heterocycles. The number of amides is 1. The lowest BCUT2D eigenvalue weighted by Gasteiger charge is -2.07. The number of benzene rings is 1. The molecule has 1 N–H and O–H groups in total. The van der Waals surface area contributed by atoms with E-state index in [4.69, 9.17) is 4.52 Å². The molecule has 5 heteroatoms. The molecule has 0 saturated heterocycles. The van der Waals surface area contributed by atoms with Crippen molar-refractivity contribution in [2.45, 2.75) is 32.9 Å². The zero-order valence-corrected chi connectivity index (χ0v) is 14.1. The van der Waals surface area contributed by atoms with Crippen LogP contribution in [0.5, 0.6) is 0 Å². The molecule has 0 aliphatic rings. The third kappa shape index (κ3) is 4.63. The third-order valence-corrected chi connectivity index (χ3v) is 4.60. The standard InChI is InChI=1S/C17H22N2O2S/c1-12-6-4-5-7-15(12)8-9-18-17(20)11-22-10-16-13(2)19-21-14(16)3/h4-7H,8-11H2,1-3H3,(H,18,20). The van der Waals surface area contributed by atoms with Gasteiger partial charge in [0.05, 0.1) is 11.4 Å². The van der Waals surface area contributed by atoms with Crippen LogP contribution in [0.1, 0.15) is 28.1 Å². The van der Waals surface area contributed by atoms with Gasteiger partial charge in [-0.05, 0) is 38.3 Å². The van der Waals surface area contributed by atoms with Gasteiger partial charge in [-0.25, -0.2) is 0 Å². The zero-order valence-electron chi connectivity index (χ0n) is 13.3. The number of thioether (sulfide) groups is 1. The zero-order chi connectivity index (χ0) is 15.9. The van der Waals surface area contributed by atoms with Crippen molar-refractivity contribution < 1.29 is 9.32 Å². The van der Waals surface area contributed by atoms with E-state index in [0.717, 1.165) is 29.2 Å². The summed E-state index contributed by atoms with van der Waals surface area (Å²) in [5.41, 5.74) is 4.55. The third-order valence-electron chi connectivity index (χ3n) is 3.64. The number of nitrogens with zero attached hydrogens (tertiary/aromatic N) is 1. The molecule has 0 spiro atoms. The molecule has 0 unspecified atom stereocenters. The molecule has 0 saturated carbocycles. The van der Waals surface area contributed by atoms with E-state index in [1.165, 1.54) is 11.1 Å². The van der Waals surface area contributed by atoms with Crippen molar-refractivity contribution in [2.24, 2.45) is 0 Å². The maximum Gasteiger partial charge on any atom is 0.230 e. The van der Waals surface area contributed by atoms with Crippen LogP contribution in [-0.4, -0.2) is 23.4 Å². The van der Waals surface area contributed by atoms with Crippen LogP contribution >= 0.6 is 11.8 Å². The summed E-state index contributed by atoms with van der Waals surface area (Å²) in [6.07, 6.45) is 0.868. The van der Waals surface area contributed by atoms with Crippen LogP contribution in [0, 0.1) is 20.8 Å². The van der Waals surface area contributed by atoms with Crippen molar-refractivity contribution in [1.29, 1.82) is 0 Å². The van der Waals surface area contributed by atoms with E-state index >= 15 is 0 Å². The Morgan fingerprint density at radius 2 is 2.05 bits per heavy atom. The molecule has 0 bridgehead atoms. The van der Waals surface area contributed by atoms with Crippen LogP contribution in [0.2, 0.25) is 0 Å². The largest absolute Gasteiger partial charge is 0.361 e. The highest BCUT2D eigenvalue weighted by Crippen LogP contribution is 2.19. The maximum absolute atomic E-state index is 11.8. The second-order valence-corrected chi connectivity index (χ2v) is 6.31. The number of hydrogen-bond donors (Lipinski definition) is 1. The number of hydrogen-bond acceptors (Lipinski definition) is 4. The predicted octanol–water partition coefficient (Wildman–Crippen LogP) is 3.19. The predicted molar refractivity (Wildman–Crippen MR) is 90.0 cm³/mol. The van der Waals surface area contributed by atoms with E-state index in [9.17, 15) is 4.79 Å². The van der Waals surface area contributed by atoms with E-state index < -0.39 is 0 Å². The van der Waals surface area contributed by atoms with Crippen molar-refractivity contribution in [3.05, 3.63) is 52.4 Å². The Balaban J connectivity index is 1.67. The Morgan fingerprint density at radius 1 is 1.27 bits per heavy atom. The quantitative estimate of drug-likeness (QED) is 0.852. The Bertz CT molecular complexity index is 618. The van der Waals surface area contributed by atoms with Crippen molar-refractivity contribution >= 4 is 17.7 Å². The Kier molecular flexibility index (Phi) is 6.07. The average molecular weight is 318 g/mol. The minimum atomic E-state index is 0.0744. The van der Waals surface area contributed by atoms with Gasteiger partial charge in [-0.3, -0.25) is 4.79 Å². The van der Waals surface area contributed by atoms with Crippen LogP contribution in [0.3, 0.4) is 0 Å². The van der Waals surface area contributed by atoms with Crippen LogP contribution in [-0.2, 0) is 17.0 Å². The summed E-state index contributed by atoms with van der Waals surface area (Å²) < 4.78 is 5.11. The number of carbonyl (C=O) groups is 1. The SMILES string of the molecule is Cc1ccccc1CCNC(=O)CSCc1c(C)noc1C. The Morgan fingerprint density at radius 3 is 2.73 bits per heavy atom. The first kappa shape index (κ1) is 16.6. The van der Waals surface area contributed by atoms with Gasteiger partial charge in [-0.2, -0.15) is 0 Å². The lowest BCUT2D eigenvalue weighted by Crippen LogP contribution is -2.27. The number of aromatic nitrogens is 1. The van der Waals surface area contributed by atoms with Crippen molar-refractivity contribution in [3.8, 4) is 0 Å². The minimum Gasteiger partial charge on any atom is -0.361 e. The number of aryl methyl sites for hydroxylation is 3. The normalized spacial score (nSPS) is 10.7. The Labute approximate surface area is 135 Å². The highest BCUT2D eigenvalue weighted by Gasteiger charge is 2.10. The van der Waals surface area contributed by atoms with Gasteiger partial charge >= 0.3 is 0 Å². The molecule has 0 aliphatic heterocycles. The first-order valence-electron chi connectivity index (χ1n) is 7.38. The molecular weight excluding hydrogens is 296 g/mol. The van der Waals surface area contributed by atoms with Gasteiger partial charge in [0.2, 0.25) is 5.91 Å². The summed E-state index contributed by atoms with van der Waals surface area (Å²) in [7, 11) is 0. The summed E-state index contributed by atoms with van der Waals surface area (Å²) in [4.78, 5) is 11.8. The number of nitrogens with one attached hydrogen (secondary N) is 1. The molecule has 118 valence electrons. The summed E-state index contributed by atoms with van der Waals surface area (Å²) in [6, 6.07) is 8.26. The highest BCUT2D eigenvalue weighted by atomic mass is 32.2. The van der Waals surface area contributed by atoms with Gasteiger partial charge < -0.3 is 9.84 Å². The molecule has 22 heavy (non-hydrogen) atoms. The molecule has 1 heterocycles. The van der Waals surface area contributed by atoms with Gasteiger partial charge in [0, 0.05) is 17.9 Å². The van der Waals surface area contributed by atoms with E-state index in [0.29, 0.717) is 12.3 Å². The van der Waals surface area contributed by atoms with E-state index in [1.54, 1.807) is 11.8 Å². The van der Waals surface area contributed by atoms with Gasteiger partial charge in [-0.1, -0.05) is 29.4 Å². The smallest absolute Gasteiger partial charge is 0.230 e. The molecule has 2 aromatic rings. The molecule has 1 aromatic carbocycles.